The second kappa shape index (κ2) is 6.53. The highest BCUT2D eigenvalue weighted by atomic mass is 16.5. The van der Waals surface area contributed by atoms with Gasteiger partial charge in [-0.2, -0.15) is 0 Å². The summed E-state index contributed by atoms with van der Waals surface area (Å²) in [5.41, 5.74) is 0.288. The third kappa shape index (κ3) is 4.25. The second-order valence-electron chi connectivity index (χ2n) is 6.10. The number of rotatable bonds is 4. The van der Waals surface area contributed by atoms with Crippen molar-refractivity contribution in [1.82, 2.24) is 10.6 Å². The average Bonchev–Trinajstić information content (AvgIpc) is 2.39. The summed E-state index contributed by atoms with van der Waals surface area (Å²) >= 11 is 0. The van der Waals surface area contributed by atoms with Gasteiger partial charge in [-0.05, 0) is 50.1 Å². The second-order valence-corrected chi connectivity index (χ2v) is 6.10. The molecule has 0 aromatic heterocycles. The van der Waals surface area contributed by atoms with Gasteiger partial charge in [0.15, 0.2) is 0 Å². The molecule has 2 fully saturated rings. The molecule has 0 saturated carbocycles. The average molecular weight is 254 g/mol. The molecular formula is C14H26N2O2. The van der Waals surface area contributed by atoms with Gasteiger partial charge in [0.1, 0.15) is 0 Å². The third-order valence-electron chi connectivity index (χ3n) is 4.34. The standard InChI is InChI=1S/C14H26N2O2/c1-14(4-6-15-7-5-14)11-16-13(17)10-12-2-8-18-9-3-12/h12,15H,2-11H2,1H3,(H,16,17). The molecule has 0 aromatic carbocycles. The normalized spacial score (nSPS) is 24.7. The Morgan fingerprint density at radius 3 is 2.67 bits per heavy atom. The molecule has 2 aliphatic heterocycles. The van der Waals surface area contributed by atoms with E-state index >= 15 is 0 Å². The van der Waals surface area contributed by atoms with Gasteiger partial charge < -0.3 is 15.4 Å². The van der Waals surface area contributed by atoms with E-state index < -0.39 is 0 Å². The lowest BCUT2D eigenvalue weighted by atomic mass is 9.81. The van der Waals surface area contributed by atoms with E-state index in [1.807, 2.05) is 0 Å². The summed E-state index contributed by atoms with van der Waals surface area (Å²) in [7, 11) is 0. The first kappa shape index (κ1) is 13.8. The van der Waals surface area contributed by atoms with Crippen LogP contribution in [0.1, 0.15) is 39.0 Å². The summed E-state index contributed by atoms with van der Waals surface area (Å²) in [6.07, 6.45) is 5.07. The largest absolute Gasteiger partial charge is 0.381 e. The first-order valence-electron chi connectivity index (χ1n) is 7.23. The quantitative estimate of drug-likeness (QED) is 0.795. The molecule has 0 atom stereocenters. The molecule has 0 spiro atoms. The van der Waals surface area contributed by atoms with Crippen LogP contribution >= 0.6 is 0 Å². The number of amides is 1. The van der Waals surface area contributed by atoms with Crippen LogP contribution in [0.2, 0.25) is 0 Å². The molecule has 104 valence electrons. The van der Waals surface area contributed by atoms with Gasteiger partial charge in [-0.15, -0.1) is 0 Å². The van der Waals surface area contributed by atoms with Crippen LogP contribution in [-0.2, 0) is 9.53 Å². The Kier molecular flexibility index (Phi) is 5.01. The highest BCUT2D eigenvalue weighted by Gasteiger charge is 2.27. The van der Waals surface area contributed by atoms with Crippen molar-refractivity contribution in [2.75, 3.05) is 32.8 Å². The van der Waals surface area contributed by atoms with Crippen LogP contribution in [0.25, 0.3) is 0 Å². The summed E-state index contributed by atoms with van der Waals surface area (Å²) in [5, 5.41) is 6.50. The molecule has 2 saturated heterocycles. The van der Waals surface area contributed by atoms with Gasteiger partial charge in [-0.25, -0.2) is 0 Å². The maximum Gasteiger partial charge on any atom is 0.220 e. The van der Waals surface area contributed by atoms with Crippen LogP contribution in [-0.4, -0.2) is 38.8 Å². The topological polar surface area (TPSA) is 50.4 Å². The molecule has 2 rings (SSSR count). The zero-order valence-corrected chi connectivity index (χ0v) is 11.5. The van der Waals surface area contributed by atoms with Gasteiger partial charge in [0.25, 0.3) is 0 Å². The fourth-order valence-corrected chi connectivity index (χ4v) is 2.80. The zero-order chi connectivity index (χ0) is 12.8. The van der Waals surface area contributed by atoms with E-state index in [0.29, 0.717) is 12.3 Å². The van der Waals surface area contributed by atoms with Crippen LogP contribution < -0.4 is 10.6 Å². The number of ether oxygens (including phenoxy) is 1. The van der Waals surface area contributed by atoms with Crippen LogP contribution in [0.3, 0.4) is 0 Å². The van der Waals surface area contributed by atoms with E-state index in [1.165, 1.54) is 0 Å². The Bertz CT molecular complexity index is 269. The molecule has 0 aliphatic carbocycles. The Labute approximate surface area is 110 Å². The molecule has 2 heterocycles. The monoisotopic (exact) mass is 254 g/mol. The maximum atomic E-state index is 11.9. The minimum Gasteiger partial charge on any atom is -0.381 e. The van der Waals surface area contributed by atoms with Crippen LogP contribution in [0.5, 0.6) is 0 Å². The fraction of sp³-hybridized carbons (Fsp3) is 0.929. The predicted molar refractivity (Wildman–Crippen MR) is 71.4 cm³/mol. The summed E-state index contributed by atoms with van der Waals surface area (Å²) in [6.45, 7) is 6.90. The van der Waals surface area contributed by atoms with E-state index in [0.717, 1.165) is 58.5 Å². The Balaban J connectivity index is 1.67. The van der Waals surface area contributed by atoms with E-state index in [4.69, 9.17) is 4.74 Å². The molecule has 2 N–H and O–H groups in total. The highest BCUT2D eigenvalue weighted by molar-refractivity contribution is 5.76. The van der Waals surface area contributed by atoms with E-state index in [2.05, 4.69) is 17.6 Å². The Hall–Kier alpha value is -0.610. The van der Waals surface area contributed by atoms with Crippen molar-refractivity contribution >= 4 is 5.91 Å². The number of carbonyl (C=O) groups is 1. The van der Waals surface area contributed by atoms with Gasteiger partial charge in [0.2, 0.25) is 5.91 Å². The number of piperidine rings is 1. The minimum atomic E-state index is 0.224. The van der Waals surface area contributed by atoms with Gasteiger partial charge in [0, 0.05) is 26.2 Å². The maximum absolute atomic E-state index is 11.9. The molecule has 0 aromatic rings. The van der Waals surface area contributed by atoms with Crippen molar-refractivity contribution < 1.29 is 9.53 Å². The molecule has 0 unspecified atom stereocenters. The van der Waals surface area contributed by atoms with Crippen molar-refractivity contribution in [1.29, 1.82) is 0 Å². The molecule has 2 aliphatic rings. The summed E-state index contributed by atoms with van der Waals surface area (Å²) in [6, 6.07) is 0. The molecule has 1 amide bonds. The van der Waals surface area contributed by atoms with Gasteiger partial charge in [0.05, 0.1) is 0 Å². The Morgan fingerprint density at radius 1 is 1.33 bits per heavy atom. The first-order chi connectivity index (χ1) is 8.68. The van der Waals surface area contributed by atoms with Crippen molar-refractivity contribution in [3.63, 3.8) is 0 Å². The molecule has 0 radical (unpaired) electrons. The molecular weight excluding hydrogens is 228 g/mol. The summed E-state index contributed by atoms with van der Waals surface area (Å²) in [5.74, 6) is 0.751. The van der Waals surface area contributed by atoms with Crippen LogP contribution in [0.15, 0.2) is 0 Å². The highest BCUT2D eigenvalue weighted by Crippen LogP contribution is 2.27. The van der Waals surface area contributed by atoms with E-state index in [9.17, 15) is 4.79 Å². The van der Waals surface area contributed by atoms with Crippen molar-refractivity contribution in [3.8, 4) is 0 Å². The smallest absolute Gasteiger partial charge is 0.220 e. The van der Waals surface area contributed by atoms with Gasteiger partial charge in [-0.3, -0.25) is 4.79 Å². The zero-order valence-electron chi connectivity index (χ0n) is 11.5. The number of hydrogen-bond acceptors (Lipinski definition) is 3. The van der Waals surface area contributed by atoms with Crippen molar-refractivity contribution in [3.05, 3.63) is 0 Å². The first-order valence-corrected chi connectivity index (χ1v) is 7.23. The van der Waals surface area contributed by atoms with Gasteiger partial charge in [-0.1, -0.05) is 6.92 Å². The SMILES string of the molecule is CC1(CNC(=O)CC2CCOCC2)CCNCC1. The van der Waals surface area contributed by atoms with Crippen molar-refractivity contribution in [2.24, 2.45) is 11.3 Å². The summed E-state index contributed by atoms with van der Waals surface area (Å²) in [4.78, 5) is 11.9. The van der Waals surface area contributed by atoms with Crippen LogP contribution in [0.4, 0.5) is 0 Å². The Morgan fingerprint density at radius 2 is 2.00 bits per heavy atom. The minimum absolute atomic E-state index is 0.224. The van der Waals surface area contributed by atoms with E-state index in [-0.39, 0.29) is 11.3 Å². The molecule has 4 nitrogen and oxygen atoms in total. The third-order valence-corrected chi connectivity index (χ3v) is 4.34. The predicted octanol–water partition coefficient (Wildman–Crippen LogP) is 1.31. The fourth-order valence-electron chi connectivity index (χ4n) is 2.80. The van der Waals surface area contributed by atoms with Gasteiger partial charge >= 0.3 is 0 Å². The number of nitrogens with one attached hydrogen (secondary N) is 2. The molecule has 18 heavy (non-hydrogen) atoms. The van der Waals surface area contributed by atoms with Crippen LogP contribution in [0, 0.1) is 11.3 Å². The number of carbonyl (C=O) groups excluding carboxylic acids is 1. The molecule has 0 bridgehead atoms. The lowest BCUT2D eigenvalue weighted by Crippen LogP contribution is -2.43. The molecule has 4 heteroatoms. The lowest BCUT2D eigenvalue weighted by Gasteiger charge is -2.34. The number of hydrogen-bond donors (Lipinski definition) is 2. The van der Waals surface area contributed by atoms with E-state index in [1.54, 1.807) is 0 Å². The summed E-state index contributed by atoms with van der Waals surface area (Å²) < 4.78 is 5.31. The lowest BCUT2D eigenvalue weighted by molar-refractivity contribution is -0.123. The van der Waals surface area contributed by atoms with Crippen molar-refractivity contribution in [2.45, 2.75) is 39.0 Å².